The molecule has 0 unspecified atom stereocenters. The van der Waals surface area contributed by atoms with E-state index in [1.807, 2.05) is 19.1 Å². The van der Waals surface area contributed by atoms with Crippen LogP contribution >= 0.6 is 15.9 Å². The van der Waals surface area contributed by atoms with Crippen molar-refractivity contribution in [1.29, 1.82) is 0 Å². The van der Waals surface area contributed by atoms with Crippen LogP contribution in [0.2, 0.25) is 0 Å². The summed E-state index contributed by atoms with van der Waals surface area (Å²) in [5, 5.41) is 11.5. The minimum Gasteiger partial charge on any atom is -0.398 e. The zero-order valence-electron chi connectivity index (χ0n) is 11.1. The van der Waals surface area contributed by atoms with Gasteiger partial charge in [0.1, 0.15) is 11.5 Å². The Hall–Kier alpha value is -2.28. The van der Waals surface area contributed by atoms with Crippen molar-refractivity contribution in [3.63, 3.8) is 0 Å². The third-order valence-electron chi connectivity index (χ3n) is 3.18. The highest BCUT2D eigenvalue weighted by atomic mass is 79.9. The highest BCUT2D eigenvalue weighted by Gasteiger charge is 2.18. The van der Waals surface area contributed by atoms with E-state index >= 15 is 0 Å². The van der Waals surface area contributed by atoms with Gasteiger partial charge in [0.05, 0.1) is 0 Å². The van der Waals surface area contributed by atoms with Crippen molar-refractivity contribution in [2.24, 2.45) is 0 Å². The predicted molar refractivity (Wildman–Crippen MR) is 81.4 cm³/mol. The summed E-state index contributed by atoms with van der Waals surface area (Å²) in [5.41, 5.74) is 8.48. The van der Waals surface area contributed by atoms with E-state index in [0.717, 1.165) is 5.56 Å². The lowest BCUT2D eigenvalue weighted by Gasteiger charge is -2.10. The largest absolute Gasteiger partial charge is 0.398 e. The molecule has 5 nitrogen and oxygen atoms in total. The third kappa shape index (κ3) is 2.29. The summed E-state index contributed by atoms with van der Waals surface area (Å²) in [6, 6.07) is 10.2. The fourth-order valence-electron chi connectivity index (χ4n) is 2.07. The molecular formula is C14H11BrFN5. The molecule has 0 aliphatic heterocycles. The van der Waals surface area contributed by atoms with Gasteiger partial charge >= 0.3 is 0 Å². The Morgan fingerprint density at radius 2 is 1.95 bits per heavy atom. The number of benzene rings is 2. The first-order valence-electron chi connectivity index (χ1n) is 6.18. The zero-order chi connectivity index (χ0) is 15.0. The van der Waals surface area contributed by atoms with Gasteiger partial charge in [0, 0.05) is 15.7 Å². The van der Waals surface area contributed by atoms with Crippen LogP contribution in [0.25, 0.3) is 17.1 Å². The Morgan fingerprint density at radius 3 is 2.71 bits per heavy atom. The van der Waals surface area contributed by atoms with Crippen LogP contribution in [0.5, 0.6) is 0 Å². The molecule has 0 bridgehead atoms. The predicted octanol–water partition coefficient (Wildman–Crippen LogP) is 3.12. The van der Waals surface area contributed by atoms with Crippen LogP contribution in [0, 0.1) is 12.7 Å². The third-order valence-corrected chi connectivity index (χ3v) is 3.82. The molecule has 0 fully saturated rings. The topological polar surface area (TPSA) is 69.6 Å². The van der Waals surface area contributed by atoms with E-state index in [-0.39, 0.29) is 5.69 Å². The number of halogens is 2. The van der Waals surface area contributed by atoms with Gasteiger partial charge in [-0.05, 0) is 57.0 Å². The molecule has 2 aromatic carbocycles. The molecule has 106 valence electrons. The van der Waals surface area contributed by atoms with E-state index in [9.17, 15) is 4.39 Å². The lowest BCUT2D eigenvalue weighted by molar-refractivity contribution is 0.606. The fourth-order valence-corrected chi connectivity index (χ4v) is 2.58. The lowest BCUT2D eigenvalue weighted by atomic mass is 10.1. The Labute approximate surface area is 128 Å². The number of tetrazole rings is 1. The quantitative estimate of drug-likeness (QED) is 0.723. The number of nitrogen functional groups attached to an aromatic ring is 1. The monoisotopic (exact) mass is 347 g/mol. The molecule has 0 amide bonds. The molecule has 3 rings (SSSR count). The van der Waals surface area contributed by atoms with E-state index in [2.05, 4.69) is 31.5 Å². The van der Waals surface area contributed by atoms with E-state index in [1.54, 1.807) is 18.2 Å². The molecule has 3 aromatic rings. The van der Waals surface area contributed by atoms with Gasteiger partial charge in [0.25, 0.3) is 0 Å². The maximum absolute atomic E-state index is 14.1. The minimum absolute atomic E-state index is 0.249. The maximum Gasteiger partial charge on any atom is 0.189 e. The lowest BCUT2D eigenvalue weighted by Crippen LogP contribution is -2.05. The number of hydrogen-bond donors (Lipinski definition) is 1. The van der Waals surface area contributed by atoms with Gasteiger partial charge in [-0.2, -0.15) is 4.68 Å². The van der Waals surface area contributed by atoms with Gasteiger partial charge in [-0.15, -0.1) is 5.10 Å². The summed E-state index contributed by atoms with van der Waals surface area (Å²) >= 11 is 3.32. The Balaban J connectivity index is 2.25. The second kappa shape index (κ2) is 5.25. The van der Waals surface area contributed by atoms with Crippen LogP contribution in [-0.2, 0) is 0 Å². The summed E-state index contributed by atoms with van der Waals surface area (Å²) in [7, 11) is 0. The zero-order valence-corrected chi connectivity index (χ0v) is 12.7. The van der Waals surface area contributed by atoms with E-state index < -0.39 is 5.82 Å². The smallest absolute Gasteiger partial charge is 0.189 e. The SMILES string of the molecule is Cc1cccc(-c2nnnn2-c2c(F)cccc2Br)c1N. The number of aromatic nitrogens is 4. The van der Waals surface area contributed by atoms with Crippen molar-refractivity contribution in [1.82, 2.24) is 20.2 Å². The van der Waals surface area contributed by atoms with Gasteiger partial charge < -0.3 is 5.73 Å². The standard InChI is InChI=1S/C14H11BrFN5/c1-8-4-2-5-9(12(8)17)14-18-19-20-21(14)13-10(15)6-3-7-11(13)16/h2-7H,17H2,1H3. The number of rotatable bonds is 2. The maximum atomic E-state index is 14.1. The fraction of sp³-hybridized carbons (Fsp3) is 0.0714. The molecule has 21 heavy (non-hydrogen) atoms. The summed E-state index contributed by atoms with van der Waals surface area (Å²) < 4.78 is 16.0. The van der Waals surface area contributed by atoms with E-state index in [4.69, 9.17) is 5.73 Å². The van der Waals surface area contributed by atoms with Crippen molar-refractivity contribution in [2.45, 2.75) is 6.92 Å². The van der Waals surface area contributed by atoms with Gasteiger partial charge in [0.15, 0.2) is 5.82 Å². The normalized spacial score (nSPS) is 10.8. The van der Waals surface area contributed by atoms with Crippen molar-refractivity contribution in [2.75, 3.05) is 5.73 Å². The Bertz CT molecular complexity index is 795. The average molecular weight is 348 g/mol. The number of para-hydroxylation sites is 2. The second-order valence-corrected chi connectivity index (χ2v) is 5.38. The molecule has 0 spiro atoms. The van der Waals surface area contributed by atoms with Crippen LogP contribution in [0.4, 0.5) is 10.1 Å². The van der Waals surface area contributed by atoms with Crippen LogP contribution < -0.4 is 5.73 Å². The van der Waals surface area contributed by atoms with Gasteiger partial charge in [-0.25, -0.2) is 4.39 Å². The van der Waals surface area contributed by atoms with Crippen molar-refractivity contribution >= 4 is 21.6 Å². The molecule has 0 saturated carbocycles. The molecule has 0 atom stereocenters. The highest BCUT2D eigenvalue weighted by Crippen LogP contribution is 2.30. The summed E-state index contributed by atoms with van der Waals surface area (Å²) in [6.45, 7) is 1.89. The van der Waals surface area contributed by atoms with E-state index in [0.29, 0.717) is 21.5 Å². The van der Waals surface area contributed by atoms with Gasteiger partial charge in [-0.3, -0.25) is 0 Å². The summed E-state index contributed by atoms with van der Waals surface area (Å²) in [5.74, 6) is -0.0360. The van der Waals surface area contributed by atoms with Crippen LogP contribution in [0.15, 0.2) is 40.9 Å². The molecule has 0 aliphatic carbocycles. The first-order valence-corrected chi connectivity index (χ1v) is 6.97. The van der Waals surface area contributed by atoms with E-state index in [1.165, 1.54) is 10.7 Å². The van der Waals surface area contributed by atoms with Crippen LogP contribution in [0.3, 0.4) is 0 Å². The number of nitrogens with zero attached hydrogens (tertiary/aromatic N) is 4. The highest BCUT2D eigenvalue weighted by molar-refractivity contribution is 9.10. The molecular weight excluding hydrogens is 337 g/mol. The molecule has 1 heterocycles. The van der Waals surface area contributed by atoms with Crippen molar-refractivity contribution < 1.29 is 4.39 Å². The van der Waals surface area contributed by atoms with Crippen LogP contribution in [0.1, 0.15) is 5.56 Å². The van der Waals surface area contributed by atoms with Crippen molar-refractivity contribution in [3.05, 3.63) is 52.3 Å². The molecule has 2 N–H and O–H groups in total. The summed E-state index contributed by atoms with van der Waals surface area (Å²) in [4.78, 5) is 0. The number of aryl methyl sites for hydroxylation is 1. The van der Waals surface area contributed by atoms with Gasteiger partial charge in [-0.1, -0.05) is 18.2 Å². The van der Waals surface area contributed by atoms with Gasteiger partial charge in [0.2, 0.25) is 0 Å². The molecule has 7 heteroatoms. The Kier molecular flexibility index (Phi) is 3.42. The Morgan fingerprint density at radius 1 is 1.19 bits per heavy atom. The molecule has 0 saturated heterocycles. The first-order chi connectivity index (χ1) is 10.1. The summed E-state index contributed by atoms with van der Waals surface area (Å²) in [6.07, 6.45) is 0. The minimum atomic E-state index is -0.427. The molecule has 0 radical (unpaired) electrons. The first kappa shape index (κ1) is 13.7. The molecule has 1 aromatic heterocycles. The average Bonchev–Trinajstić information content (AvgIpc) is 2.91. The second-order valence-electron chi connectivity index (χ2n) is 4.52. The van der Waals surface area contributed by atoms with Crippen LogP contribution in [-0.4, -0.2) is 20.2 Å². The molecule has 0 aliphatic rings. The number of anilines is 1. The number of nitrogens with two attached hydrogens (primary N) is 1. The van der Waals surface area contributed by atoms with Crippen molar-refractivity contribution in [3.8, 4) is 17.1 Å². The number of hydrogen-bond acceptors (Lipinski definition) is 4.